The van der Waals surface area contributed by atoms with Crippen molar-refractivity contribution in [2.45, 2.75) is 19.6 Å². The lowest BCUT2D eigenvalue weighted by molar-refractivity contribution is -0.142. The summed E-state index contributed by atoms with van der Waals surface area (Å²) in [5.41, 5.74) is 2.53. The molecule has 1 unspecified atom stereocenters. The number of fused-ring (bicyclic) bond motifs is 1. The van der Waals surface area contributed by atoms with Gasteiger partial charge in [-0.25, -0.2) is 0 Å². The second-order valence-electron chi connectivity index (χ2n) is 5.61. The van der Waals surface area contributed by atoms with Crippen LogP contribution in [0.4, 0.5) is 0 Å². The summed E-state index contributed by atoms with van der Waals surface area (Å²) in [5, 5.41) is 9.24. The summed E-state index contributed by atoms with van der Waals surface area (Å²) in [6.45, 7) is 4.81. The Kier molecular flexibility index (Phi) is 3.29. The number of nitrogens with zero attached hydrogens (tertiary/aromatic N) is 1. The number of benzene rings is 1. The zero-order valence-electron chi connectivity index (χ0n) is 11.1. The number of carboxylic acids is 1. The molecule has 0 aliphatic carbocycles. The van der Waals surface area contributed by atoms with Gasteiger partial charge in [0.1, 0.15) is 0 Å². The van der Waals surface area contributed by atoms with Gasteiger partial charge < -0.3 is 9.84 Å². The smallest absolute Gasteiger partial charge is 0.308 e. The van der Waals surface area contributed by atoms with Gasteiger partial charge >= 0.3 is 5.97 Å². The zero-order valence-corrected chi connectivity index (χ0v) is 11.1. The first-order valence-electron chi connectivity index (χ1n) is 6.79. The first-order chi connectivity index (χ1) is 9.16. The molecule has 0 amide bonds. The highest BCUT2D eigenvalue weighted by molar-refractivity contribution is 5.71. The molecule has 102 valence electrons. The minimum atomic E-state index is -0.681. The van der Waals surface area contributed by atoms with E-state index in [2.05, 4.69) is 17.0 Å². The van der Waals surface area contributed by atoms with Crippen LogP contribution in [0, 0.1) is 11.8 Å². The Hall–Kier alpha value is -1.39. The summed E-state index contributed by atoms with van der Waals surface area (Å²) in [5.74, 6) is -0.735. The average Bonchev–Trinajstić information content (AvgIpc) is 2.80. The largest absolute Gasteiger partial charge is 0.481 e. The second-order valence-corrected chi connectivity index (χ2v) is 5.61. The van der Waals surface area contributed by atoms with E-state index in [1.54, 1.807) is 0 Å². The normalized spacial score (nSPS) is 31.1. The van der Waals surface area contributed by atoms with Gasteiger partial charge in [0.2, 0.25) is 0 Å². The van der Waals surface area contributed by atoms with Gasteiger partial charge in [0, 0.05) is 13.1 Å². The Bertz CT molecular complexity index is 488. The van der Waals surface area contributed by atoms with Crippen molar-refractivity contribution < 1.29 is 14.6 Å². The standard InChI is InChI=1S/C15H19NO3/c1-10-6-16(7-13(10)15(17)18)14-9-19-8-11-4-2-3-5-12(11)14/h2-5,10,13-14H,6-9H2,1H3,(H,17,18)/t10-,13-,14?/m1/s1. The molecule has 4 nitrogen and oxygen atoms in total. The Morgan fingerprint density at radius 3 is 2.89 bits per heavy atom. The molecule has 4 heteroatoms. The van der Waals surface area contributed by atoms with Gasteiger partial charge in [0.25, 0.3) is 0 Å². The van der Waals surface area contributed by atoms with Gasteiger partial charge in [-0.1, -0.05) is 31.2 Å². The van der Waals surface area contributed by atoms with E-state index in [0.29, 0.717) is 19.8 Å². The highest BCUT2D eigenvalue weighted by atomic mass is 16.5. The van der Waals surface area contributed by atoms with Crippen molar-refractivity contribution in [3.63, 3.8) is 0 Å². The predicted octanol–water partition coefficient (Wildman–Crippen LogP) is 1.91. The van der Waals surface area contributed by atoms with Gasteiger partial charge in [-0.2, -0.15) is 0 Å². The van der Waals surface area contributed by atoms with Crippen LogP contribution in [-0.2, 0) is 16.1 Å². The van der Waals surface area contributed by atoms with E-state index < -0.39 is 5.97 Å². The predicted molar refractivity (Wildman–Crippen MR) is 70.7 cm³/mol. The second kappa shape index (κ2) is 4.94. The van der Waals surface area contributed by atoms with Gasteiger partial charge in [-0.05, 0) is 17.0 Å². The molecule has 1 fully saturated rings. The summed E-state index contributed by atoms with van der Waals surface area (Å²) in [6.07, 6.45) is 0. The monoisotopic (exact) mass is 261 g/mol. The topological polar surface area (TPSA) is 49.8 Å². The van der Waals surface area contributed by atoms with Crippen molar-refractivity contribution in [1.29, 1.82) is 0 Å². The fraction of sp³-hybridized carbons (Fsp3) is 0.533. The van der Waals surface area contributed by atoms with Crippen LogP contribution in [0.1, 0.15) is 24.1 Å². The minimum Gasteiger partial charge on any atom is -0.481 e. The summed E-state index contributed by atoms with van der Waals surface area (Å²) in [6, 6.07) is 8.51. The number of hydrogen-bond donors (Lipinski definition) is 1. The molecule has 0 spiro atoms. The molecule has 3 atom stereocenters. The minimum absolute atomic E-state index is 0.201. The van der Waals surface area contributed by atoms with Crippen LogP contribution >= 0.6 is 0 Å². The molecule has 19 heavy (non-hydrogen) atoms. The van der Waals surface area contributed by atoms with E-state index in [1.807, 2.05) is 19.1 Å². The molecular formula is C15H19NO3. The van der Waals surface area contributed by atoms with Crippen LogP contribution < -0.4 is 0 Å². The van der Waals surface area contributed by atoms with Crippen LogP contribution in [0.5, 0.6) is 0 Å². The molecule has 0 radical (unpaired) electrons. The maximum absolute atomic E-state index is 11.2. The highest BCUT2D eigenvalue weighted by Gasteiger charge is 2.39. The third-order valence-corrected chi connectivity index (χ3v) is 4.35. The van der Waals surface area contributed by atoms with Gasteiger partial charge in [-0.15, -0.1) is 0 Å². The van der Waals surface area contributed by atoms with Gasteiger partial charge in [0.05, 0.1) is 25.2 Å². The van der Waals surface area contributed by atoms with E-state index in [1.165, 1.54) is 11.1 Å². The van der Waals surface area contributed by atoms with E-state index in [4.69, 9.17) is 4.74 Å². The summed E-state index contributed by atoms with van der Waals surface area (Å²) in [4.78, 5) is 13.5. The first-order valence-corrected chi connectivity index (χ1v) is 6.79. The zero-order chi connectivity index (χ0) is 13.4. The summed E-state index contributed by atoms with van der Waals surface area (Å²) >= 11 is 0. The number of hydrogen-bond acceptors (Lipinski definition) is 3. The van der Waals surface area contributed by atoms with Gasteiger partial charge in [0.15, 0.2) is 0 Å². The van der Waals surface area contributed by atoms with Crippen molar-refractivity contribution in [2.75, 3.05) is 19.7 Å². The van der Waals surface area contributed by atoms with E-state index in [0.717, 1.165) is 6.54 Å². The van der Waals surface area contributed by atoms with E-state index >= 15 is 0 Å². The van der Waals surface area contributed by atoms with Crippen LogP contribution in [0.15, 0.2) is 24.3 Å². The molecule has 2 heterocycles. The maximum atomic E-state index is 11.2. The molecule has 0 bridgehead atoms. The van der Waals surface area contributed by atoms with Crippen LogP contribution in [0.25, 0.3) is 0 Å². The SMILES string of the molecule is C[C@@H]1CN(C2COCc3ccccc32)C[C@H]1C(=O)O. The van der Waals surface area contributed by atoms with Crippen LogP contribution in [0.3, 0.4) is 0 Å². The number of likely N-dealkylation sites (tertiary alicyclic amines) is 1. The summed E-state index contributed by atoms with van der Waals surface area (Å²) < 4.78 is 5.66. The molecule has 3 rings (SSSR count). The number of aliphatic carboxylic acids is 1. The summed E-state index contributed by atoms with van der Waals surface area (Å²) in [7, 11) is 0. The van der Waals surface area contributed by atoms with E-state index in [9.17, 15) is 9.90 Å². The molecule has 1 aromatic carbocycles. The molecule has 1 N–H and O–H groups in total. The molecule has 2 aliphatic rings. The van der Waals surface area contributed by atoms with Crippen molar-refractivity contribution in [3.05, 3.63) is 35.4 Å². The Labute approximate surface area is 113 Å². The third-order valence-electron chi connectivity index (χ3n) is 4.35. The molecular weight excluding hydrogens is 242 g/mol. The van der Waals surface area contributed by atoms with Crippen molar-refractivity contribution in [1.82, 2.24) is 4.90 Å². The number of carbonyl (C=O) groups is 1. The number of rotatable bonds is 2. The Morgan fingerprint density at radius 2 is 2.16 bits per heavy atom. The molecule has 0 saturated carbocycles. The van der Waals surface area contributed by atoms with Crippen molar-refractivity contribution in [3.8, 4) is 0 Å². The van der Waals surface area contributed by atoms with Crippen LogP contribution in [0.2, 0.25) is 0 Å². The molecule has 0 aromatic heterocycles. The van der Waals surface area contributed by atoms with Crippen molar-refractivity contribution in [2.24, 2.45) is 11.8 Å². The molecule has 2 aliphatic heterocycles. The van der Waals surface area contributed by atoms with Crippen molar-refractivity contribution >= 4 is 5.97 Å². The number of ether oxygens (including phenoxy) is 1. The quantitative estimate of drug-likeness (QED) is 0.883. The third kappa shape index (κ3) is 2.26. The van der Waals surface area contributed by atoms with Gasteiger partial charge in [-0.3, -0.25) is 9.69 Å². The highest BCUT2D eigenvalue weighted by Crippen LogP contribution is 2.35. The lowest BCUT2D eigenvalue weighted by Crippen LogP contribution is -2.33. The fourth-order valence-electron chi connectivity index (χ4n) is 3.24. The molecule has 1 aromatic rings. The maximum Gasteiger partial charge on any atom is 0.308 e. The molecule has 1 saturated heterocycles. The Balaban J connectivity index is 1.83. The average molecular weight is 261 g/mol. The van der Waals surface area contributed by atoms with Crippen LogP contribution in [-0.4, -0.2) is 35.7 Å². The fourth-order valence-corrected chi connectivity index (χ4v) is 3.24. The van der Waals surface area contributed by atoms with E-state index in [-0.39, 0.29) is 17.9 Å². The number of carboxylic acid groups (broad SMARTS) is 1. The lowest BCUT2D eigenvalue weighted by atomic mass is 9.98. The first kappa shape index (κ1) is 12.6. The Morgan fingerprint density at radius 1 is 1.37 bits per heavy atom. The lowest BCUT2D eigenvalue weighted by Gasteiger charge is -2.33.